The number of aldehydes is 1. The van der Waals surface area contributed by atoms with Crippen molar-refractivity contribution in [3.8, 4) is 0 Å². The highest BCUT2D eigenvalue weighted by Gasteiger charge is 2.40. The van der Waals surface area contributed by atoms with Crippen LogP contribution in [0.5, 0.6) is 0 Å². The summed E-state index contributed by atoms with van der Waals surface area (Å²) in [5, 5.41) is 3.89. The lowest BCUT2D eigenvalue weighted by molar-refractivity contribution is -0.141. The van der Waals surface area contributed by atoms with Crippen LogP contribution in [0.2, 0.25) is 0 Å². The summed E-state index contributed by atoms with van der Waals surface area (Å²) in [6.45, 7) is 0.933. The Hall–Kier alpha value is -1.56. The maximum atomic E-state index is 15.3. The first-order valence-electron chi connectivity index (χ1n) is 11.0. The lowest BCUT2D eigenvalue weighted by atomic mass is 10.1. The molecule has 1 aliphatic carbocycles. The third-order valence-corrected chi connectivity index (χ3v) is 6.74. The molecule has 3 aliphatic rings. The molecule has 1 amide bonds. The number of nitrogens with zero attached hydrogens (tertiary/aromatic N) is 4. The van der Waals surface area contributed by atoms with Crippen molar-refractivity contribution in [1.29, 1.82) is 0 Å². The van der Waals surface area contributed by atoms with Crippen molar-refractivity contribution in [3.63, 3.8) is 0 Å². The van der Waals surface area contributed by atoms with Gasteiger partial charge in [0, 0.05) is 19.4 Å². The normalized spacial score (nSPS) is 24.4. The number of hydrogen-bond donors (Lipinski definition) is 1. The van der Waals surface area contributed by atoms with Gasteiger partial charge in [-0.25, -0.2) is 30.0 Å². The zero-order chi connectivity index (χ0) is 23.1. The summed E-state index contributed by atoms with van der Waals surface area (Å²) in [5.74, 6) is 5.73. The van der Waals surface area contributed by atoms with Gasteiger partial charge in [-0.2, -0.15) is 0 Å². The van der Waals surface area contributed by atoms with Crippen molar-refractivity contribution in [2.75, 3.05) is 26.0 Å². The van der Waals surface area contributed by atoms with Gasteiger partial charge in [0.05, 0.1) is 13.2 Å². The minimum atomic E-state index is -1.37. The molecule has 1 saturated carbocycles. The zero-order valence-electron chi connectivity index (χ0n) is 18.3. The van der Waals surface area contributed by atoms with Crippen molar-refractivity contribution in [2.24, 2.45) is 16.8 Å². The van der Waals surface area contributed by atoms with Crippen LogP contribution in [0.3, 0.4) is 0 Å². The van der Waals surface area contributed by atoms with E-state index in [9.17, 15) is 9.59 Å². The molecular weight excluding hydrogens is 461 g/mol. The Bertz CT molecular complexity index is 731. The number of rotatable bonds is 8. The number of halogens is 2. The second-order valence-electron chi connectivity index (χ2n) is 8.01. The predicted octanol–water partition coefficient (Wildman–Crippen LogP) is 3.56. The molecule has 2 atom stereocenters. The molecule has 0 spiro atoms. The summed E-state index contributed by atoms with van der Waals surface area (Å²) in [4.78, 5) is 28.3. The van der Waals surface area contributed by atoms with Crippen LogP contribution in [0, 0.1) is 5.92 Å². The molecule has 3 rings (SSSR count). The number of hydrogen-bond acceptors (Lipinski definition) is 9. The van der Waals surface area contributed by atoms with Gasteiger partial charge in [-0.1, -0.05) is 36.2 Å². The highest BCUT2D eigenvalue weighted by molar-refractivity contribution is 8.13. The van der Waals surface area contributed by atoms with E-state index < -0.39 is 23.7 Å². The molecule has 0 aromatic carbocycles. The van der Waals surface area contributed by atoms with Crippen molar-refractivity contribution in [2.45, 2.75) is 63.2 Å². The van der Waals surface area contributed by atoms with E-state index in [1.165, 1.54) is 21.8 Å². The molecule has 0 bridgehead atoms. The second kappa shape index (κ2) is 12.1. The number of carbonyl (C=O) groups is 2. The number of aliphatic imine (C=N–C) groups is 1. The number of carbonyl (C=O) groups excluding carboxylic acids is 2. The van der Waals surface area contributed by atoms with Gasteiger partial charge in [0.25, 0.3) is 0 Å². The average molecular weight is 492 g/mol. The van der Waals surface area contributed by atoms with Crippen molar-refractivity contribution in [3.05, 3.63) is 11.6 Å². The summed E-state index contributed by atoms with van der Waals surface area (Å²) in [6.07, 6.45) is 7.68. The minimum absolute atomic E-state index is 0.0191. The molecule has 0 aromatic rings. The van der Waals surface area contributed by atoms with Crippen LogP contribution < -0.4 is 5.84 Å². The molecule has 0 radical (unpaired) electrons. The molecule has 12 heteroatoms. The number of hydrazine groups is 2. The van der Waals surface area contributed by atoms with Gasteiger partial charge >= 0.3 is 6.09 Å². The van der Waals surface area contributed by atoms with E-state index in [1.54, 1.807) is 6.26 Å². The first-order valence-corrected chi connectivity index (χ1v) is 12.6. The quantitative estimate of drug-likeness (QED) is 0.181. The standard InChI is InChI=1S/C20H31ClFN5O4S/c1-32-19-24-18(25(23)13-14-7-2-3-8-14)16(22)17(21)27(19)26(10-6-11-28)20(29)31-15-9-4-5-12-30-15/h11,14-15,17H,2-10,12-13,23H2,1H3/t15-,17?/m1/s1. The van der Waals surface area contributed by atoms with Crippen molar-refractivity contribution in [1.82, 2.24) is 15.0 Å². The first kappa shape index (κ1) is 25.1. The Labute approximate surface area is 197 Å². The van der Waals surface area contributed by atoms with Crippen LogP contribution in [0.25, 0.3) is 0 Å². The third-order valence-electron chi connectivity index (χ3n) is 5.72. The van der Waals surface area contributed by atoms with Crippen LogP contribution in [0.4, 0.5) is 9.18 Å². The lowest BCUT2D eigenvalue weighted by Crippen LogP contribution is -2.55. The molecule has 1 saturated heterocycles. The maximum Gasteiger partial charge on any atom is 0.431 e. The second-order valence-corrected chi connectivity index (χ2v) is 9.20. The molecule has 32 heavy (non-hydrogen) atoms. The molecule has 1 unspecified atom stereocenters. The van der Waals surface area contributed by atoms with Gasteiger partial charge < -0.3 is 14.3 Å². The van der Waals surface area contributed by atoms with Crippen LogP contribution in [0.15, 0.2) is 16.6 Å². The van der Waals surface area contributed by atoms with Gasteiger partial charge in [0.15, 0.2) is 22.3 Å². The summed E-state index contributed by atoms with van der Waals surface area (Å²) >= 11 is 7.66. The Balaban J connectivity index is 1.79. The summed E-state index contributed by atoms with van der Waals surface area (Å²) in [7, 11) is 0. The fraction of sp³-hybridized carbons (Fsp3) is 0.750. The van der Waals surface area contributed by atoms with Gasteiger partial charge in [-0.05, 0) is 37.9 Å². The highest BCUT2D eigenvalue weighted by atomic mass is 35.5. The number of nitrogens with two attached hydrogens (primary N) is 1. The SMILES string of the molecule is CSC1=NC(N(N)CC2CCCC2)=C(F)C(Cl)N1N(CCC=O)C(=O)O[C@@H]1CCCCO1. The number of ether oxygens (including phenoxy) is 2. The number of amidine groups is 1. The lowest BCUT2D eigenvalue weighted by Gasteiger charge is -2.41. The van der Waals surface area contributed by atoms with E-state index in [0.29, 0.717) is 31.8 Å². The van der Waals surface area contributed by atoms with E-state index in [4.69, 9.17) is 26.9 Å². The van der Waals surface area contributed by atoms with Gasteiger partial charge in [0.1, 0.15) is 6.29 Å². The highest BCUT2D eigenvalue weighted by Crippen LogP contribution is 2.33. The molecule has 9 nitrogen and oxygen atoms in total. The molecule has 2 N–H and O–H groups in total. The van der Waals surface area contributed by atoms with Crippen molar-refractivity contribution < 1.29 is 23.5 Å². The topological polar surface area (TPSA) is 101 Å². The maximum absolute atomic E-state index is 15.3. The largest absolute Gasteiger partial charge is 0.431 e. The van der Waals surface area contributed by atoms with E-state index >= 15 is 4.39 Å². The first-order chi connectivity index (χ1) is 15.5. The Morgan fingerprint density at radius 3 is 2.72 bits per heavy atom. The number of thioether (sulfide) groups is 1. The number of amides is 1. The smallest absolute Gasteiger partial charge is 0.418 e. The van der Waals surface area contributed by atoms with Crippen LogP contribution in [-0.4, -0.2) is 70.3 Å². The van der Waals surface area contributed by atoms with Gasteiger partial charge in [-0.15, -0.1) is 0 Å². The minimum Gasteiger partial charge on any atom is -0.418 e. The van der Waals surface area contributed by atoms with Crippen molar-refractivity contribution >= 4 is 40.9 Å². The van der Waals surface area contributed by atoms with E-state index in [2.05, 4.69) is 4.99 Å². The monoisotopic (exact) mass is 491 g/mol. The Kier molecular flexibility index (Phi) is 9.45. The third kappa shape index (κ3) is 6.06. The van der Waals surface area contributed by atoms with Gasteiger partial charge in [-0.3, -0.25) is 5.01 Å². The van der Waals surface area contributed by atoms with Crippen LogP contribution in [-0.2, 0) is 14.3 Å². The summed E-state index contributed by atoms with van der Waals surface area (Å²) in [5.41, 5.74) is -1.37. The molecule has 0 aromatic heterocycles. The fourth-order valence-corrected chi connectivity index (χ4v) is 4.99. The van der Waals surface area contributed by atoms with E-state index in [1.807, 2.05) is 0 Å². The summed E-state index contributed by atoms with van der Waals surface area (Å²) < 4.78 is 26.2. The molecule has 2 aliphatic heterocycles. The van der Waals surface area contributed by atoms with Gasteiger partial charge in [0.2, 0.25) is 6.29 Å². The Morgan fingerprint density at radius 1 is 1.38 bits per heavy atom. The van der Waals surface area contributed by atoms with E-state index in [0.717, 1.165) is 43.5 Å². The predicted molar refractivity (Wildman–Crippen MR) is 121 cm³/mol. The zero-order valence-corrected chi connectivity index (χ0v) is 19.8. The molecule has 2 fully saturated rings. The molecular formula is C20H31ClFN5O4S. The molecule has 2 heterocycles. The molecule has 180 valence electrons. The summed E-state index contributed by atoms with van der Waals surface area (Å²) in [6, 6.07) is 0. The van der Waals surface area contributed by atoms with E-state index in [-0.39, 0.29) is 24.0 Å². The fourth-order valence-electron chi connectivity index (χ4n) is 4.07. The van der Waals surface area contributed by atoms with Crippen LogP contribution in [0.1, 0.15) is 51.4 Å². The Morgan fingerprint density at radius 2 is 2.09 bits per heavy atom. The average Bonchev–Trinajstić information content (AvgIpc) is 3.30. The van der Waals surface area contributed by atoms with Crippen LogP contribution >= 0.6 is 23.4 Å². The number of alkyl halides is 1.